The number of hydrogen-bond acceptors (Lipinski definition) is 4. The standard InChI is InChI=1S/C15H24N2OS/c1-3-11(2)19-10-15(17-16)12-4-6-13(7-5-12)18-14-8-9-14/h4-7,11,14-15,17H,3,8-10,16H2,1-2H3. The lowest BCUT2D eigenvalue weighted by molar-refractivity contribution is 0.303. The van der Waals surface area contributed by atoms with Crippen LogP contribution in [-0.2, 0) is 0 Å². The summed E-state index contributed by atoms with van der Waals surface area (Å²) in [5.74, 6) is 7.63. The van der Waals surface area contributed by atoms with E-state index in [-0.39, 0.29) is 6.04 Å². The summed E-state index contributed by atoms with van der Waals surface area (Å²) in [6.07, 6.45) is 4.03. The van der Waals surface area contributed by atoms with Crippen molar-refractivity contribution in [1.82, 2.24) is 5.43 Å². The van der Waals surface area contributed by atoms with Gasteiger partial charge in [-0.3, -0.25) is 11.3 Å². The monoisotopic (exact) mass is 280 g/mol. The molecule has 0 amide bonds. The first-order valence-electron chi connectivity index (χ1n) is 7.07. The minimum atomic E-state index is 0.203. The smallest absolute Gasteiger partial charge is 0.119 e. The molecule has 1 aromatic carbocycles. The molecule has 0 aromatic heterocycles. The van der Waals surface area contributed by atoms with Gasteiger partial charge in [-0.05, 0) is 37.0 Å². The SMILES string of the molecule is CCC(C)SCC(NN)c1ccc(OC2CC2)cc1. The Morgan fingerprint density at radius 1 is 1.37 bits per heavy atom. The molecule has 3 nitrogen and oxygen atoms in total. The van der Waals surface area contributed by atoms with Crippen molar-refractivity contribution in [3.63, 3.8) is 0 Å². The molecule has 0 aliphatic heterocycles. The first-order valence-corrected chi connectivity index (χ1v) is 8.12. The van der Waals surface area contributed by atoms with E-state index in [2.05, 4.69) is 31.4 Å². The molecule has 3 N–H and O–H groups in total. The normalized spacial score (nSPS) is 18.1. The quantitative estimate of drug-likeness (QED) is 0.567. The Labute approximate surface area is 120 Å². The number of ether oxygens (including phenoxy) is 1. The van der Waals surface area contributed by atoms with E-state index in [9.17, 15) is 0 Å². The molecule has 1 aliphatic rings. The van der Waals surface area contributed by atoms with Crippen molar-refractivity contribution in [2.45, 2.75) is 50.5 Å². The molecule has 2 atom stereocenters. The molecule has 0 heterocycles. The zero-order valence-electron chi connectivity index (χ0n) is 11.8. The van der Waals surface area contributed by atoms with Crippen LogP contribution in [0.15, 0.2) is 24.3 Å². The molecule has 106 valence electrons. The third kappa shape index (κ3) is 4.71. The highest BCUT2D eigenvalue weighted by atomic mass is 32.2. The van der Waals surface area contributed by atoms with Gasteiger partial charge in [-0.1, -0.05) is 26.0 Å². The Balaban J connectivity index is 1.89. The highest BCUT2D eigenvalue weighted by molar-refractivity contribution is 7.99. The van der Waals surface area contributed by atoms with E-state index in [0.717, 1.165) is 11.5 Å². The van der Waals surface area contributed by atoms with Crippen LogP contribution in [0.1, 0.15) is 44.7 Å². The third-order valence-electron chi connectivity index (χ3n) is 3.43. The number of benzene rings is 1. The fourth-order valence-electron chi connectivity index (χ4n) is 1.78. The Morgan fingerprint density at radius 2 is 2.05 bits per heavy atom. The van der Waals surface area contributed by atoms with Crippen LogP contribution in [0.25, 0.3) is 0 Å². The highest BCUT2D eigenvalue weighted by Gasteiger charge is 2.23. The predicted octanol–water partition coefficient (Wildman–Crippen LogP) is 3.26. The molecule has 0 bridgehead atoms. The number of nitrogens with two attached hydrogens (primary N) is 1. The molecule has 4 heteroatoms. The van der Waals surface area contributed by atoms with Gasteiger partial charge in [0.15, 0.2) is 0 Å². The van der Waals surface area contributed by atoms with E-state index in [1.54, 1.807) is 0 Å². The highest BCUT2D eigenvalue weighted by Crippen LogP contribution is 2.28. The maximum atomic E-state index is 5.75. The van der Waals surface area contributed by atoms with Crippen molar-refractivity contribution in [1.29, 1.82) is 0 Å². The van der Waals surface area contributed by atoms with Crippen molar-refractivity contribution in [2.24, 2.45) is 5.84 Å². The van der Waals surface area contributed by atoms with Gasteiger partial charge in [-0.2, -0.15) is 11.8 Å². The third-order valence-corrected chi connectivity index (χ3v) is 4.86. The fraction of sp³-hybridized carbons (Fsp3) is 0.600. The van der Waals surface area contributed by atoms with Crippen LogP contribution in [0.5, 0.6) is 5.75 Å². The van der Waals surface area contributed by atoms with Crippen LogP contribution >= 0.6 is 11.8 Å². The van der Waals surface area contributed by atoms with Crippen molar-refractivity contribution < 1.29 is 4.74 Å². The first kappa shape index (κ1) is 14.7. The lowest BCUT2D eigenvalue weighted by atomic mass is 10.1. The van der Waals surface area contributed by atoms with E-state index in [1.165, 1.54) is 24.8 Å². The van der Waals surface area contributed by atoms with Crippen LogP contribution in [0, 0.1) is 0 Å². The zero-order valence-corrected chi connectivity index (χ0v) is 12.6. The number of rotatable bonds is 8. The summed E-state index contributed by atoms with van der Waals surface area (Å²) in [5, 5.41) is 0.674. The molecule has 1 saturated carbocycles. The molecule has 0 saturated heterocycles. The number of nitrogens with one attached hydrogen (secondary N) is 1. The second-order valence-corrected chi connectivity index (χ2v) is 6.63. The van der Waals surface area contributed by atoms with Crippen molar-refractivity contribution in [3.8, 4) is 5.75 Å². The zero-order chi connectivity index (χ0) is 13.7. The second kappa shape index (κ2) is 7.17. The summed E-state index contributed by atoms with van der Waals surface area (Å²) in [7, 11) is 0. The average Bonchev–Trinajstić information content (AvgIpc) is 3.24. The van der Waals surface area contributed by atoms with Gasteiger partial charge < -0.3 is 4.74 Å². The van der Waals surface area contributed by atoms with Gasteiger partial charge in [-0.15, -0.1) is 0 Å². The van der Waals surface area contributed by atoms with E-state index < -0.39 is 0 Å². The molecule has 1 aromatic rings. The van der Waals surface area contributed by atoms with Gasteiger partial charge >= 0.3 is 0 Å². The molecule has 2 rings (SSSR count). The van der Waals surface area contributed by atoms with Crippen LogP contribution < -0.4 is 16.0 Å². The van der Waals surface area contributed by atoms with E-state index in [4.69, 9.17) is 10.6 Å². The Hall–Kier alpha value is -0.710. The van der Waals surface area contributed by atoms with Gasteiger partial charge in [0.2, 0.25) is 0 Å². The number of hydrazine groups is 1. The van der Waals surface area contributed by atoms with E-state index in [1.807, 2.05) is 23.9 Å². The summed E-state index contributed by atoms with van der Waals surface area (Å²) in [5.41, 5.74) is 4.13. The van der Waals surface area contributed by atoms with Crippen LogP contribution in [0.3, 0.4) is 0 Å². The molecular formula is C15H24N2OS. The summed E-state index contributed by atoms with van der Waals surface area (Å²) < 4.78 is 5.75. The molecule has 1 fully saturated rings. The lowest BCUT2D eigenvalue weighted by Crippen LogP contribution is -2.30. The van der Waals surface area contributed by atoms with Gasteiger partial charge in [0.05, 0.1) is 12.1 Å². The maximum absolute atomic E-state index is 5.75. The topological polar surface area (TPSA) is 47.3 Å². The minimum absolute atomic E-state index is 0.203. The van der Waals surface area contributed by atoms with Gasteiger partial charge in [0.1, 0.15) is 5.75 Å². The maximum Gasteiger partial charge on any atom is 0.119 e. The number of hydrogen-bond donors (Lipinski definition) is 2. The van der Waals surface area contributed by atoms with E-state index >= 15 is 0 Å². The van der Waals surface area contributed by atoms with Crippen LogP contribution in [-0.4, -0.2) is 17.1 Å². The number of thioether (sulfide) groups is 1. The molecule has 0 spiro atoms. The Kier molecular flexibility index (Phi) is 5.55. The Bertz CT molecular complexity index is 378. The van der Waals surface area contributed by atoms with Crippen LogP contribution in [0.4, 0.5) is 0 Å². The summed E-state index contributed by atoms with van der Waals surface area (Å²) >= 11 is 1.96. The summed E-state index contributed by atoms with van der Waals surface area (Å²) in [4.78, 5) is 0. The molecule has 2 unspecified atom stereocenters. The Morgan fingerprint density at radius 3 is 2.58 bits per heavy atom. The fourth-order valence-corrected chi connectivity index (χ4v) is 2.82. The molecule has 0 radical (unpaired) electrons. The molecule has 19 heavy (non-hydrogen) atoms. The van der Waals surface area contributed by atoms with E-state index in [0.29, 0.717) is 11.4 Å². The lowest BCUT2D eigenvalue weighted by Gasteiger charge is -2.18. The minimum Gasteiger partial charge on any atom is -0.490 e. The summed E-state index contributed by atoms with van der Waals surface area (Å²) in [6, 6.07) is 8.52. The van der Waals surface area contributed by atoms with Crippen molar-refractivity contribution >= 4 is 11.8 Å². The van der Waals surface area contributed by atoms with Crippen molar-refractivity contribution in [2.75, 3.05) is 5.75 Å². The van der Waals surface area contributed by atoms with Gasteiger partial charge in [-0.25, -0.2) is 0 Å². The van der Waals surface area contributed by atoms with Crippen LogP contribution in [0.2, 0.25) is 0 Å². The van der Waals surface area contributed by atoms with Crippen molar-refractivity contribution in [3.05, 3.63) is 29.8 Å². The largest absolute Gasteiger partial charge is 0.490 e. The average molecular weight is 280 g/mol. The molecule has 1 aliphatic carbocycles. The van der Waals surface area contributed by atoms with Gasteiger partial charge in [0, 0.05) is 11.0 Å². The predicted molar refractivity (Wildman–Crippen MR) is 82.4 cm³/mol. The molecular weight excluding hydrogens is 256 g/mol. The second-order valence-electron chi connectivity index (χ2n) is 5.16. The van der Waals surface area contributed by atoms with Gasteiger partial charge in [0.25, 0.3) is 0 Å². The first-order chi connectivity index (χ1) is 9.22. The summed E-state index contributed by atoms with van der Waals surface area (Å²) in [6.45, 7) is 4.47.